The minimum absolute atomic E-state index is 0.175. The fourth-order valence-corrected chi connectivity index (χ4v) is 3.72. The molecule has 4 nitrogen and oxygen atoms in total. The number of Topliss-reactive ketones (excluding diaryl/α,β-unsaturated/α-hetero) is 1. The summed E-state index contributed by atoms with van der Waals surface area (Å²) < 4.78 is 4.89. The summed E-state index contributed by atoms with van der Waals surface area (Å²) in [6, 6.07) is 0. The van der Waals surface area contributed by atoms with Crippen LogP contribution in [0.5, 0.6) is 0 Å². The Balaban J connectivity index is 2.69. The second-order valence-corrected chi connectivity index (χ2v) is 5.64. The molecular weight excluding hydrogens is 236 g/mol. The van der Waals surface area contributed by atoms with E-state index in [-0.39, 0.29) is 8.93 Å². The first kappa shape index (κ1) is 10.5. The van der Waals surface area contributed by atoms with Crippen LogP contribution in [0.15, 0.2) is 4.79 Å². The zero-order valence-electron chi connectivity index (χ0n) is 8.16. The molecule has 1 aromatic heterocycles. The van der Waals surface area contributed by atoms with Gasteiger partial charge in [0.25, 0.3) is 9.84 Å². The molecule has 0 aliphatic carbocycles. The van der Waals surface area contributed by atoms with Gasteiger partial charge in [0, 0.05) is 0 Å². The van der Waals surface area contributed by atoms with E-state index in [1.165, 1.54) is 0 Å². The molecule has 0 fully saturated rings. The summed E-state index contributed by atoms with van der Waals surface area (Å²) in [5.41, 5.74) is -0.815. The Morgan fingerprint density at radius 3 is 2.53 bits per heavy atom. The van der Waals surface area contributed by atoms with E-state index in [1.54, 1.807) is 6.92 Å². The van der Waals surface area contributed by atoms with Gasteiger partial charge in [-0.2, -0.15) is 0 Å². The van der Waals surface area contributed by atoms with Crippen molar-refractivity contribution < 1.29 is 14.3 Å². The molecule has 0 bridgehead atoms. The molecule has 1 aliphatic rings. The van der Waals surface area contributed by atoms with Gasteiger partial charge < -0.3 is 4.74 Å². The summed E-state index contributed by atoms with van der Waals surface area (Å²) in [5, 5.41) is 0. The summed E-state index contributed by atoms with van der Waals surface area (Å²) in [6.45, 7) is 3.57. The third kappa shape index (κ3) is 1.44. The van der Waals surface area contributed by atoms with Crippen LogP contribution in [0.1, 0.15) is 34.8 Å². The smallest absolute Gasteiger partial charge is 0.381 e. The van der Waals surface area contributed by atoms with E-state index in [1.807, 2.05) is 6.92 Å². The predicted octanol–water partition coefficient (Wildman–Crippen LogP) is 1.53. The second-order valence-electron chi connectivity index (χ2n) is 3.42. The molecule has 1 unspecified atom stereocenters. The number of hydrogen-bond acceptors (Lipinski definition) is 6. The molecule has 0 saturated heterocycles. The molecule has 0 spiro atoms. The number of ketones is 1. The predicted molar refractivity (Wildman–Crippen MR) is 56.5 cm³/mol. The minimum atomic E-state index is -0.860. The first-order valence-corrected chi connectivity index (χ1v) is 6.03. The Labute approximate surface area is 93.5 Å². The third-order valence-electron chi connectivity index (χ3n) is 2.44. The van der Waals surface area contributed by atoms with Crippen molar-refractivity contribution in [3.8, 4) is 0 Å². The lowest BCUT2D eigenvalue weighted by Crippen LogP contribution is -2.37. The Kier molecular flexibility index (Phi) is 2.27. The van der Waals surface area contributed by atoms with Crippen LogP contribution >= 0.6 is 22.7 Å². The lowest BCUT2D eigenvalue weighted by molar-refractivity contribution is -0.154. The molecule has 1 aromatic rings. The van der Waals surface area contributed by atoms with Gasteiger partial charge in [-0.05, 0) is 13.3 Å². The van der Waals surface area contributed by atoms with E-state index in [9.17, 15) is 14.4 Å². The van der Waals surface area contributed by atoms with Crippen LogP contribution in [0.3, 0.4) is 0 Å². The standard InChI is InChI=1S/C9H8O4S2/c1-3-9(2)6-5(14-8(12)15-6)4(10)7(11)13-9/h3H2,1-2H3. The maximum atomic E-state index is 11.4. The molecule has 1 aliphatic heterocycles. The van der Waals surface area contributed by atoms with Gasteiger partial charge in [0.15, 0.2) is 0 Å². The van der Waals surface area contributed by atoms with Crippen molar-refractivity contribution in [2.45, 2.75) is 25.9 Å². The number of carbonyl (C=O) groups is 2. The summed E-state index contributed by atoms with van der Waals surface area (Å²) in [7, 11) is 0. The largest absolute Gasteiger partial charge is 0.448 e. The maximum absolute atomic E-state index is 11.4. The highest BCUT2D eigenvalue weighted by atomic mass is 32.2. The number of fused-ring (bicyclic) bond motifs is 1. The van der Waals surface area contributed by atoms with Crippen molar-refractivity contribution in [3.63, 3.8) is 0 Å². The van der Waals surface area contributed by atoms with Crippen LogP contribution in [0, 0.1) is 0 Å². The van der Waals surface area contributed by atoms with E-state index >= 15 is 0 Å². The van der Waals surface area contributed by atoms with Gasteiger partial charge in [-0.15, -0.1) is 0 Å². The van der Waals surface area contributed by atoms with Gasteiger partial charge in [0.2, 0.25) is 0 Å². The van der Waals surface area contributed by atoms with Gasteiger partial charge in [-0.1, -0.05) is 29.6 Å². The first-order chi connectivity index (χ1) is 6.98. The Bertz CT molecular complexity index is 498. The summed E-state index contributed by atoms with van der Waals surface area (Å²) in [5.74, 6) is -1.56. The number of carbonyl (C=O) groups excluding carboxylic acids is 2. The Morgan fingerprint density at radius 2 is 1.93 bits per heavy atom. The van der Waals surface area contributed by atoms with Crippen molar-refractivity contribution in [2.24, 2.45) is 0 Å². The zero-order chi connectivity index (χ0) is 11.2. The third-order valence-corrected chi connectivity index (χ3v) is 4.84. The van der Waals surface area contributed by atoms with Gasteiger partial charge in [0.1, 0.15) is 10.5 Å². The Morgan fingerprint density at radius 1 is 1.27 bits per heavy atom. The van der Waals surface area contributed by atoms with E-state index in [2.05, 4.69) is 0 Å². The number of hydrogen-bond donors (Lipinski definition) is 0. The van der Waals surface area contributed by atoms with Crippen LogP contribution in [0.25, 0.3) is 0 Å². The van der Waals surface area contributed by atoms with E-state index < -0.39 is 17.4 Å². The fraction of sp³-hybridized carbons (Fsp3) is 0.444. The molecular formula is C9H8O4S2. The topological polar surface area (TPSA) is 60.4 Å². The average molecular weight is 244 g/mol. The molecule has 2 heterocycles. The molecule has 15 heavy (non-hydrogen) atoms. The quantitative estimate of drug-likeness (QED) is 0.555. The number of cyclic esters (lactones) is 1. The highest BCUT2D eigenvalue weighted by Crippen LogP contribution is 2.39. The van der Waals surface area contributed by atoms with E-state index in [4.69, 9.17) is 4.74 Å². The van der Waals surface area contributed by atoms with Crippen molar-refractivity contribution in [2.75, 3.05) is 0 Å². The SMILES string of the molecule is CCC1(C)OC(=O)C(=O)c2sc(=O)sc21. The van der Waals surface area contributed by atoms with Crippen molar-refractivity contribution >= 4 is 34.4 Å². The molecule has 6 heteroatoms. The average Bonchev–Trinajstić information content (AvgIpc) is 2.58. The number of ether oxygens (including phenoxy) is 1. The molecule has 0 aromatic carbocycles. The lowest BCUT2D eigenvalue weighted by atomic mass is 9.97. The molecule has 2 rings (SSSR count). The van der Waals surface area contributed by atoms with Crippen LogP contribution in [0.2, 0.25) is 0 Å². The number of rotatable bonds is 1. The Hall–Kier alpha value is -1.01. The first-order valence-electron chi connectivity index (χ1n) is 4.40. The lowest BCUT2D eigenvalue weighted by Gasteiger charge is -2.30. The van der Waals surface area contributed by atoms with E-state index in [0.717, 1.165) is 22.7 Å². The van der Waals surface area contributed by atoms with Crippen molar-refractivity contribution in [1.82, 2.24) is 0 Å². The van der Waals surface area contributed by atoms with Crippen LogP contribution in [0.4, 0.5) is 0 Å². The molecule has 80 valence electrons. The maximum Gasteiger partial charge on any atom is 0.381 e. The second kappa shape index (κ2) is 3.24. The molecule has 0 saturated carbocycles. The van der Waals surface area contributed by atoms with Gasteiger partial charge in [-0.3, -0.25) is 9.59 Å². The highest BCUT2D eigenvalue weighted by Gasteiger charge is 2.43. The number of esters is 1. The summed E-state index contributed by atoms with van der Waals surface area (Å²) in [6.07, 6.45) is 0.547. The normalized spacial score (nSPS) is 24.9. The highest BCUT2D eigenvalue weighted by molar-refractivity contribution is 7.29. The molecule has 1 atom stereocenters. The van der Waals surface area contributed by atoms with Gasteiger partial charge in [-0.25, -0.2) is 4.79 Å². The van der Waals surface area contributed by atoms with Gasteiger partial charge in [0.05, 0.1) is 4.88 Å². The molecule has 0 radical (unpaired) electrons. The molecule has 0 amide bonds. The monoisotopic (exact) mass is 244 g/mol. The summed E-state index contributed by atoms with van der Waals surface area (Å²) in [4.78, 5) is 34.8. The minimum Gasteiger partial charge on any atom is -0.448 e. The van der Waals surface area contributed by atoms with Crippen LogP contribution in [-0.2, 0) is 15.1 Å². The van der Waals surface area contributed by atoms with E-state index in [0.29, 0.717) is 11.3 Å². The van der Waals surface area contributed by atoms with Crippen molar-refractivity contribution in [1.29, 1.82) is 0 Å². The zero-order valence-corrected chi connectivity index (χ0v) is 9.79. The molecule has 0 N–H and O–H groups in total. The van der Waals surface area contributed by atoms with Crippen LogP contribution < -0.4 is 4.06 Å². The van der Waals surface area contributed by atoms with Crippen LogP contribution in [-0.4, -0.2) is 11.8 Å². The van der Waals surface area contributed by atoms with Gasteiger partial charge >= 0.3 is 5.97 Å². The fourth-order valence-electron chi connectivity index (χ4n) is 1.40. The van der Waals surface area contributed by atoms with Crippen molar-refractivity contribution in [3.05, 3.63) is 18.6 Å². The summed E-state index contributed by atoms with van der Waals surface area (Å²) >= 11 is 1.82.